The summed E-state index contributed by atoms with van der Waals surface area (Å²) in [6, 6.07) is 0. The maximum atomic E-state index is 2.21. The van der Waals surface area contributed by atoms with Crippen LogP contribution in [0.25, 0.3) is 0 Å². The van der Waals surface area contributed by atoms with Gasteiger partial charge in [0.05, 0.1) is 40.8 Å². The summed E-state index contributed by atoms with van der Waals surface area (Å²) in [5.41, 5.74) is 0. The Kier molecular flexibility index (Phi) is 846. The third-order valence-electron chi connectivity index (χ3n) is 4.78. The third kappa shape index (κ3) is 161. The van der Waals surface area contributed by atoms with Crippen LogP contribution in [0.2, 0.25) is 0 Å². The topological polar surface area (TPSA) is 804 Å². The Bertz CT molecular complexity index is 772. The van der Waals surface area contributed by atoms with Gasteiger partial charge in [-0.2, -0.15) is 0 Å². The van der Waals surface area contributed by atoms with Gasteiger partial charge in [0.1, 0.15) is 37.2 Å². The number of aryl methyl sites for hydroxylation is 6. The van der Waals surface area contributed by atoms with Crippen LogP contribution in [-0.2, 0) is 352 Å². The summed E-state index contributed by atoms with van der Waals surface area (Å²) in [6.07, 6.45) is 26.5. The van der Waals surface area contributed by atoms with Crippen molar-refractivity contribution in [1.29, 1.82) is 0 Å². The molecule has 33 nitrogen and oxygen atoms in total. The normalized spacial score (nSPS) is 4.71. The minimum atomic E-state index is 0. The fourth-order valence-electron chi connectivity index (χ4n) is 2.92. The fraction of sp³-hybridized carbons (Fsp3) is 0.625. The molecule has 0 aliphatic rings. The largest absolute Gasteiger partial charge is 2.00 e. The third-order valence-corrected chi connectivity index (χ3v) is 4.78. The molecule has 0 saturated heterocycles. The number of quaternary nitrogens is 1. The van der Waals surface area contributed by atoms with Crippen molar-refractivity contribution >= 4 is 0 Å². The van der Waals surface area contributed by atoms with Crippen molar-refractivity contribution in [1.82, 2.24) is 19.9 Å². The summed E-state index contributed by atoms with van der Waals surface area (Å²) in [4.78, 5) is 0. The van der Waals surface area contributed by atoms with Crippen LogP contribution in [-0.4, -0.2) is 13.7 Å². The van der Waals surface area contributed by atoms with E-state index < -0.39 is 0 Å². The second kappa shape index (κ2) is 193. The Labute approximate surface area is 495 Å². The van der Waals surface area contributed by atoms with Gasteiger partial charge in [0.15, 0.2) is 0 Å². The molecule has 0 fully saturated rings. The van der Waals surface area contributed by atoms with Crippen LogP contribution in [0.4, 0.5) is 0 Å². The van der Waals surface area contributed by atoms with Crippen molar-refractivity contribution < 1.29 is 325 Å². The molecule has 41 heteroatoms. The summed E-state index contributed by atoms with van der Waals surface area (Å²) in [7, 11) is 6.13. The van der Waals surface area contributed by atoms with E-state index in [0.717, 1.165) is 19.6 Å². The average molecular weight is 1620 g/mol. The molecule has 3 aromatic rings. The van der Waals surface area contributed by atoms with Crippen LogP contribution in [0.3, 0.4) is 0 Å². The van der Waals surface area contributed by atoms with Gasteiger partial charge in [-0.1, -0.05) is 40.0 Å². The summed E-state index contributed by atoms with van der Waals surface area (Å²) in [5, 5.41) is 0. The summed E-state index contributed by atoms with van der Waals surface area (Å²) >= 11 is 0. The van der Waals surface area contributed by atoms with E-state index >= 15 is 0 Å². The maximum absolute atomic E-state index is 2.21. The first kappa shape index (κ1) is 285. The van der Waals surface area contributed by atoms with Crippen LogP contribution >= 0.6 is 0 Å². The Balaban J connectivity index is -0.00000000496. The molecule has 0 atom stereocenters. The first-order valence-corrected chi connectivity index (χ1v) is 11.5. The van der Waals surface area contributed by atoms with E-state index in [0.29, 0.717) is 0 Å². The first-order chi connectivity index (χ1) is 14.5. The van der Waals surface area contributed by atoms with Crippen LogP contribution in [0, 0.1) is 0 Å². The van der Waals surface area contributed by atoms with Gasteiger partial charge in [0, 0.05) is 169 Å². The van der Waals surface area contributed by atoms with E-state index in [-0.39, 0.29) is 317 Å². The van der Waals surface area contributed by atoms with E-state index in [4.69, 9.17) is 0 Å². The van der Waals surface area contributed by atoms with Crippen LogP contribution < -0.4 is 19.9 Å². The van der Waals surface area contributed by atoms with Gasteiger partial charge in [-0.05, 0) is 19.3 Å². The summed E-state index contributed by atoms with van der Waals surface area (Å²) in [5.74, 6) is 0. The fourth-order valence-corrected chi connectivity index (χ4v) is 2.92. The van der Waals surface area contributed by atoms with E-state index in [9.17, 15) is 0 Å². The Morgan fingerprint density at radius 1 is 0.277 bits per heavy atom. The van der Waals surface area contributed by atoms with Gasteiger partial charge in [-0.25, -0.2) is 27.4 Å². The smallest absolute Gasteiger partial charge is 0.243 e. The molecular formula is C24H49Mo8N7O26-48. The zero-order chi connectivity index (χ0) is 22.2. The number of rotatable bonds is 9. The molecule has 0 radical (unpaired) electrons. The number of unbranched alkanes of at least 4 members (excludes halogenated alkanes) is 3. The number of nitrogens with zero attached hydrogens (tertiary/aromatic N) is 6. The Morgan fingerprint density at radius 3 is 0.477 bits per heavy atom. The first-order valence-electron chi connectivity index (χ1n) is 11.5. The predicted molar refractivity (Wildman–Crippen MR) is 145 cm³/mol. The molecule has 0 aliphatic carbocycles. The summed E-state index contributed by atoms with van der Waals surface area (Å²) < 4.78 is 12.8. The van der Waals surface area contributed by atoms with Gasteiger partial charge in [0.2, 0.25) is 19.0 Å². The molecule has 65 heavy (non-hydrogen) atoms. The second-order valence-corrected chi connectivity index (χ2v) is 8.01. The molecule has 3 aromatic heterocycles. The molecule has 432 valence electrons. The molecule has 0 bridgehead atoms. The average Bonchev–Trinajstić information content (AvgIpc) is 3.46. The Morgan fingerprint density at radius 2 is 0.400 bits per heavy atom. The number of hydrogen-bond acceptors (Lipinski definition) is 0. The van der Waals surface area contributed by atoms with E-state index in [2.05, 4.69) is 104 Å². The van der Waals surface area contributed by atoms with Crippen LogP contribution in [0.15, 0.2) is 56.2 Å². The van der Waals surface area contributed by atoms with Crippen molar-refractivity contribution in [2.24, 2.45) is 21.1 Å². The van der Waals surface area contributed by atoms with Gasteiger partial charge < -0.3 is 149 Å². The molecule has 0 spiro atoms. The minimum absolute atomic E-state index is 0. The molecule has 3 heterocycles. The Hall–Kier alpha value is 2.06. The zero-order valence-electron chi connectivity index (χ0n) is 35.1. The van der Waals surface area contributed by atoms with Crippen molar-refractivity contribution in [3.8, 4) is 0 Å². The quantitative estimate of drug-likeness (QED) is 0.227. The van der Waals surface area contributed by atoms with Gasteiger partial charge in [-0.3, -0.25) is 0 Å². The molecule has 0 aromatic carbocycles. The molecule has 0 amide bonds. The van der Waals surface area contributed by atoms with Crippen molar-refractivity contribution in [2.45, 2.75) is 78.9 Å². The minimum Gasteiger partial charge on any atom is -2.00 e. The van der Waals surface area contributed by atoms with Crippen molar-refractivity contribution in [3.63, 3.8) is 0 Å². The predicted octanol–water partition coefficient (Wildman–Crippen LogP) is 0.606. The zero-order valence-corrected chi connectivity index (χ0v) is 51.2. The van der Waals surface area contributed by atoms with E-state index in [1.54, 1.807) is 0 Å². The van der Waals surface area contributed by atoms with Crippen LogP contribution in [0.1, 0.15) is 59.3 Å². The SMILES string of the molecule is CCCCn1cc[n+](C)c1.CCCCn1cc[n+](C)c1.CCCCn1cc[n+](C)c1.[Mo].[Mo].[Mo].[Mo].[Mo].[Mo].[Mo].[Mo].[NH4+].[O-2].[O-2].[O-2].[O-2].[O-2].[O-2].[O-2].[O-2].[O-2].[O-2].[O-2].[O-2].[O-2].[O-2].[O-2].[O-2].[O-2].[O-2].[O-2].[O-2].[O-2].[O-2].[O-2].[O-2].[O-2].[O-2]. The van der Waals surface area contributed by atoms with Gasteiger partial charge in [0.25, 0.3) is 0 Å². The number of imidazole rings is 3. The van der Waals surface area contributed by atoms with Crippen molar-refractivity contribution in [2.75, 3.05) is 0 Å². The van der Waals surface area contributed by atoms with Gasteiger partial charge in [-0.15, -0.1) is 0 Å². The van der Waals surface area contributed by atoms with Crippen LogP contribution in [0.5, 0.6) is 0 Å². The standard InChI is InChI=1S/3C8H15N2.8Mo.H3N.26O/c3*1-3-4-5-10-7-6-9(2)8-10;;;;;;;;;;;;;;;;;;;;;;;;;;;;;;;;;;;/h3*6-8H,3-5H2,1-2H3;;;;;;;;;1H3;;;;;;;;;;;;;;;;;;;;;;;;;;/q3*+1;;;;;;;;;;26*-2/p+1. The molecule has 0 saturated carbocycles. The molecule has 3 rings (SSSR count). The van der Waals surface area contributed by atoms with E-state index in [1.807, 2.05) is 21.1 Å². The second-order valence-electron chi connectivity index (χ2n) is 8.01. The van der Waals surface area contributed by atoms with Gasteiger partial charge >= 0.3 is 0 Å². The maximum Gasteiger partial charge on any atom is 0.243 e. The number of hydrogen-bond donors (Lipinski definition) is 1. The molecule has 0 aliphatic heterocycles. The number of aromatic nitrogens is 6. The van der Waals surface area contributed by atoms with Crippen molar-refractivity contribution in [3.05, 3.63) is 56.2 Å². The molecule has 0 unspecified atom stereocenters. The molecule has 4 N–H and O–H groups in total. The molecular weight excluding hydrogens is 1570 g/mol. The monoisotopic (exact) mass is 1630 g/mol. The summed E-state index contributed by atoms with van der Waals surface area (Å²) in [6.45, 7) is 10.1. The van der Waals surface area contributed by atoms with E-state index in [1.165, 1.54) is 38.5 Å².